The summed E-state index contributed by atoms with van der Waals surface area (Å²) in [5.41, 5.74) is 0. The van der Waals surface area contributed by atoms with Gasteiger partial charge in [0.05, 0.1) is 11.9 Å². The van der Waals surface area contributed by atoms with E-state index in [9.17, 15) is 19.8 Å². The van der Waals surface area contributed by atoms with E-state index in [2.05, 4.69) is 0 Å². The first kappa shape index (κ1) is 19.0. The third kappa shape index (κ3) is 13.4. The van der Waals surface area contributed by atoms with Crippen LogP contribution in [0.5, 0.6) is 0 Å². The van der Waals surface area contributed by atoms with Crippen LogP contribution in [-0.4, -0.2) is 11.9 Å². The molecule has 0 aromatic carbocycles. The average molecular weight is 302 g/mol. The zero-order valence-corrected chi connectivity index (χ0v) is 12.5. The Balaban J connectivity index is 0.000000301. The maximum Gasteiger partial charge on any atom is 0.168 e. The van der Waals surface area contributed by atoms with Gasteiger partial charge < -0.3 is 19.8 Å². The molecule has 22 heavy (non-hydrogen) atoms. The molecule has 0 aliphatic heterocycles. The molecule has 0 saturated heterocycles. The molecule has 0 aliphatic rings. The van der Waals surface area contributed by atoms with Gasteiger partial charge >= 0.3 is 0 Å². The smallest absolute Gasteiger partial charge is 0.168 e. The van der Waals surface area contributed by atoms with Gasteiger partial charge in [-0.15, -0.1) is 0 Å². The number of carbonyl (C=O) groups is 2. The van der Waals surface area contributed by atoms with E-state index in [0.29, 0.717) is 12.2 Å². The zero-order valence-electron chi connectivity index (χ0n) is 12.5. The molecule has 0 N–H and O–H groups in total. The molecular weight excluding hydrogens is 284 g/mol. The Labute approximate surface area is 129 Å². The second-order valence-corrected chi connectivity index (χ2v) is 4.05. The van der Waals surface area contributed by atoms with Crippen molar-refractivity contribution in [1.29, 1.82) is 0 Å². The summed E-state index contributed by atoms with van der Waals surface area (Å²) in [6.45, 7) is 0. The van der Waals surface area contributed by atoms with Crippen LogP contribution in [0.3, 0.4) is 0 Å². The summed E-state index contributed by atoms with van der Waals surface area (Å²) in [7, 11) is 4.00. The molecular formula is C16H18N2O4. The van der Waals surface area contributed by atoms with Gasteiger partial charge in [-0.05, 0) is 12.2 Å². The summed E-state index contributed by atoms with van der Waals surface area (Å²) in [4.78, 5) is 18.8. The number of pyridine rings is 2. The van der Waals surface area contributed by atoms with Gasteiger partial charge in [0.25, 0.3) is 0 Å². The first-order chi connectivity index (χ1) is 10.4. The minimum Gasteiger partial charge on any atom is -0.545 e. The number of hydrogen-bond donors (Lipinski definition) is 0. The van der Waals surface area contributed by atoms with Crippen LogP contribution in [0, 0.1) is 0 Å². The number of aliphatic carboxylic acids is 2. The SMILES string of the molecule is C[n+]1ccccc1.C[n+]1ccccc1.O=C([O-])/C=C/C(=O)[O-]. The van der Waals surface area contributed by atoms with E-state index in [4.69, 9.17) is 0 Å². The highest BCUT2D eigenvalue weighted by Gasteiger charge is 1.79. The van der Waals surface area contributed by atoms with Crippen LogP contribution >= 0.6 is 0 Å². The van der Waals surface area contributed by atoms with Gasteiger partial charge in [-0.2, -0.15) is 0 Å². The number of aryl methyl sites for hydroxylation is 2. The van der Waals surface area contributed by atoms with Crippen molar-refractivity contribution in [2.24, 2.45) is 14.1 Å². The molecule has 6 nitrogen and oxygen atoms in total. The van der Waals surface area contributed by atoms with Gasteiger partial charge in [-0.3, -0.25) is 0 Å². The molecule has 0 atom stereocenters. The Hall–Kier alpha value is -3.02. The summed E-state index contributed by atoms with van der Waals surface area (Å²) in [5, 5.41) is 18.8. The Bertz CT molecular complexity index is 530. The Kier molecular flexibility index (Phi) is 10.2. The van der Waals surface area contributed by atoms with Crippen LogP contribution < -0.4 is 19.3 Å². The molecule has 2 aromatic heterocycles. The monoisotopic (exact) mass is 302 g/mol. The van der Waals surface area contributed by atoms with Crippen LogP contribution in [0.2, 0.25) is 0 Å². The van der Waals surface area contributed by atoms with Gasteiger partial charge in [0.1, 0.15) is 14.1 Å². The molecule has 6 heteroatoms. The van der Waals surface area contributed by atoms with Gasteiger partial charge in [0.15, 0.2) is 24.8 Å². The van der Waals surface area contributed by atoms with E-state index < -0.39 is 11.9 Å². The van der Waals surface area contributed by atoms with Crippen LogP contribution in [-0.2, 0) is 23.7 Å². The van der Waals surface area contributed by atoms with Crippen molar-refractivity contribution < 1.29 is 28.9 Å². The van der Waals surface area contributed by atoms with E-state index in [-0.39, 0.29) is 0 Å². The number of carboxylic acids is 2. The third-order valence-corrected chi connectivity index (χ3v) is 2.08. The van der Waals surface area contributed by atoms with Crippen LogP contribution in [0.4, 0.5) is 0 Å². The largest absolute Gasteiger partial charge is 0.545 e. The average Bonchev–Trinajstić information content (AvgIpc) is 2.48. The van der Waals surface area contributed by atoms with E-state index >= 15 is 0 Å². The lowest BCUT2D eigenvalue weighted by atomic mass is 10.5. The molecule has 2 heterocycles. The molecule has 0 aliphatic carbocycles. The highest BCUT2D eigenvalue weighted by atomic mass is 16.4. The second-order valence-electron chi connectivity index (χ2n) is 4.05. The van der Waals surface area contributed by atoms with Crippen LogP contribution in [0.15, 0.2) is 73.3 Å². The molecule has 116 valence electrons. The molecule has 0 saturated carbocycles. The number of aromatic nitrogens is 2. The molecule has 0 amide bonds. The molecule has 2 rings (SSSR count). The summed E-state index contributed by atoms with van der Waals surface area (Å²) < 4.78 is 4.00. The fourth-order valence-corrected chi connectivity index (χ4v) is 1.11. The first-order valence-electron chi connectivity index (χ1n) is 6.32. The lowest BCUT2D eigenvalue weighted by molar-refractivity contribution is -0.671. The molecule has 0 spiro atoms. The van der Waals surface area contributed by atoms with Crippen molar-refractivity contribution in [2.75, 3.05) is 0 Å². The van der Waals surface area contributed by atoms with Gasteiger partial charge in [0.2, 0.25) is 0 Å². The van der Waals surface area contributed by atoms with Crippen molar-refractivity contribution in [3.63, 3.8) is 0 Å². The lowest BCUT2D eigenvalue weighted by Gasteiger charge is -1.90. The number of rotatable bonds is 2. The molecule has 0 unspecified atom stereocenters. The van der Waals surface area contributed by atoms with Gasteiger partial charge in [0, 0.05) is 24.3 Å². The summed E-state index contributed by atoms with van der Waals surface area (Å²) >= 11 is 0. The predicted octanol–water partition coefficient (Wildman–Crippen LogP) is -1.94. The van der Waals surface area contributed by atoms with Gasteiger partial charge in [-0.25, -0.2) is 9.13 Å². The number of nitrogens with zero attached hydrogens (tertiary/aromatic N) is 2. The summed E-state index contributed by atoms with van der Waals surface area (Å²) in [5.74, 6) is -3.09. The fourth-order valence-electron chi connectivity index (χ4n) is 1.11. The Morgan fingerprint density at radius 2 is 0.955 bits per heavy atom. The normalized spacial score (nSPS) is 9.00. The van der Waals surface area contributed by atoms with Crippen molar-refractivity contribution in [1.82, 2.24) is 0 Å². The molecule has 0 bridgehead atoms. The Morgan fingerprint density at radius 1 is 0.682 bits per heavy atom. The number of carbonyl (C=O) groups excluding carboxylic acids is 2. The highest BCUT2D eigenvalue weighted by Crippen LogP contribution is 1.72. The van der Waals surface area contributed by atoms with E-state index in [1.54, 1.807) is 0 Å². The fraction of sp³-hybridized carbons (Fsp3) is 0.125. The number of hydrogen-bond acceptors (Lipinski definition) is 4. The van der Waals surface area contributed by atoms with E-state index in [0.717, 1.165) is 0 Å². The molecule has 0 fully saturated rings. The third-order valence-electron chi connectivity index (χ3n) is 2.08. The Morgan fingerprint density at radius 3 is 1.09 bits per heavy atom. The molecule has 0 radical (unpaired) electrons. The van der Waals surface area contributed by atoms with Crippen molar-refractivity contribution in [3.05, 3.63) is 73.3 Å². The molecule has 2 aromatic rings. The number of carboxylic acid groups (broad SMARTS) is 2. The topological polar surface area (TPSA) is 88.0 Å². The summed E-state index contributed by atoms with van der Waals surface area (Å²) in [6, 6.07) is 12.0. The zero-order chi connectivity index (χ0) is 16.8. The lowest BCUT2D eigenvalue weighted by Crippen LogP contribution is -2.25. The van der Waals surface area contributed by atoms with Crippen LogP contribution in [0.1, 0.15) is 0 Å². The van der Waals surface area contributed by atoms with E-state index in [1.807, 2.05) is 84.4 Å². The van der Waals surface area contributed by atoms with Gasteiger partial charge in [-0.1, -0.05) is 12.1 Å². The van der Waals surface area contributed by atoms with Crippen molar-refractivity contribution >= 4 is 11.9 Å². The first-order valence-corrected chi connectivity index (χ1v) is 6.32. The highest BCUT2D eigenvalue weighted by molar-refractivity contribution is 5.87. The van der Waals surface area contributed by atoms with Crippen molar-refractivity contribution in [3.8, 4) is 0 Å². The maximum absolute atomic E-state index is 9.41. The maximum atomic E-state index is 9.41. The van der Waals surface area contributed by atoms with Crippen LogP contribution in [0.25, 0.3) is 0 Å². The van der Waals surface area contributed by atoms with Crippen molar-refractivity contribution in [2.45, 2.75) is 0 Å². The standard InChI is InChI=1S/2C6H8N.C4H4O4/c2*1-7-5-3-2-4-6-7;5-3(6)1-2-4(7)8/h2*2-6H,1H3;1-2H,(H,5,6)(H,7,8)/q2*+1;/p-2/b;;2-1+. The summed E-state index contributed by atoms with van der Waals surface area (Å²) in [6.07, 6.45) is 8.77. The minimum absolute atomic E-state index is 0.384. The predicted molar refractivity (Wildman–Crippen MR) is 74.4 cm³/mol. The minimum atomic E-state index is -1.55. The second kappa shape index (κ2) is 11.8. The van der Waals surface area contributed by atoms with E-state index in [1.165, 1.54) is 0 Å². The quantitative estimate of drug-likeness (QED) is 0.477.